The largest absolute Gasteiger partial charge is 0.508 e. The SMILES string of the molecule is CCCCCCOC(=O)C1CCC(C)(c2cc(OC)c(C3(C)CCC(C(=O)OCCCCCC)CC3)cc2O)CC1. The topological polar surface area (TPSA) is 82.1 Å². The summed E-state index contributed by atoms with van der Waals surface area (Å²) in [5.41, 5.74) is 1.50. The Balaban J connectivity index is 1.60. The molecule has 0 saturated heterocycles. The summed E-state index contributed by atoms with van der Waals surface area (Å²) in [6.07, 6.45) is 15.2. The highest BCUT2D eigenvalue weighted by molar-refractivity contribution is 5.73. The summed E-state index contributed by atoms with van der Waals surface area (Å²) in [6, 6.07) is 3.93. The molecule has 0 aliphatic heterocycles. The second kappa shape index (κ2) is 15.8. The molecule has 0 spiro atoms. The number of rotatable bonds is 15. The fourth-order valence-electron chi connectivity index (χ4n) is 6.85. The molecule has 3 rings (SSSR count). The Labute approximate surface area is 248 Å². The number of hydrogen-bond donors (Lipinski definition) is 1. The molecule has 2 fully saturated rings. The first-order valence-electron chi connectivity index (χ1n) is 16.4. The Bertz CT molecular complexity index is 969. The van der Waals surface area contributed by atoms with Crippen molar-refractivity contribution < 1.29 is 28.9 Å². The van der Waals surface area contributed by atoms with Gasteiger partial charge in [-0.1, -0.05) is 66.2 Å². The molecular formula is C35H56O6. The van der Waals surface area contributed by atoms with Gasteiger partial charge < -0.3 is 19.3 Å². The molecule has 2 aliphatic carbocycles. The monoisotopic (exact) mass is 572 g/mol. The Morgan fingerprint density at radius 3 is 1.59 bits per heavy atom. The summed E-state index contributed by atoms with van der Waals surface area (Å²) in [4.78, 5) is 25.3. The maximum atomic E-state index is 12.6. The van der Waals surface area contributed by atoms with Crippen molar-refractivity contribution in [2.24, 2.45) is 11.8 Å². The minimum Gasteiger partial charge on any atom is -0.508 e. The van der Waals surface area contributed by atoms with Crippen molar-refractivity contribution in [3.63, 3.8) is 0 Å². The Kier molecular flexibility index (Phi) is 12.8. The van der Waals surface area contributed by atoms with Crippen molar-refractivity contribution in [1.82, 2.24) is 0 Å². The lowest BCUT2D eigenvalue weighted by atomic mass is 9.65. The van der Waals surface area contributed by atoms with E-state index in [4.69, 9.17) is 14.2 Å². The van der Waals surface area contributed by atoms with Crippen LogP contribution in [-0.4, -0.2) is 37.4 Å². The van der Waals surface area contributed by atoms with Crippen LogP contribution in [0, 0.1) is 11.8 Å². The van der Waals surface area contributed by atoms with Crippen molar-refractivity contribution in [1.29, 1.82) is 0 Å². The fourth-order valence-corrected chi connectivity index (χ4v) is 6.85. The van der Waals surface area contributed by atoms with Crippen LogP contribution in [-0.2, 0) is 29.9 Å². The minimum atomic E-state index is -0.229. The summed E-state index contributed by atoms with van der Waals surface area (Å²) < 4.78 is 17.1. The third kappa shape index (κ3) is 8.88. The second-order valence-electron chi connectivity index (χ2n) is 13.2. The molecule has 2 saturated carbocycles. The van der Waals surface area contributed by atoms with Gasteiger partial charge >= 0.3 is 11.9 Å². The van der Waals surface area contributed by atoms with Gasteiger partial charge in [-0.25, -0.2) is 0 Å². The molecule has 0 aromatic heterocycles. The number of phenols is 1. The van der Waals surface area contributed by atoms with Crippen LogP contribution in [0.4, 0.5) is 0 Å². The zero-order chi connectivity index (χ0) is 29.9. The van der Waals surface area contributed by atoms with Crippen LogP contribution in [0.5, 0.6) is 11.5 Å². The third-order valence-corrected chi connectivity index (χ3v) is 9.95. The van der Waals surface area contributed by atoms with Gasteiger partial charge in [0.1, 0.15) is 11.5 Å². The average molecular weight is 573 g/mol. The molecule has 0 radical (unpaired) electrons. The van der Waals surface area contributed by atoms with Crippen molar-refractivity contribution >= 4 is 11.9 Å². The van der Waals surface area contributed by atoms with E-state index in [1.165, 1.54) is 25.7 Å². The Morgan fingerprint density at radius 2 is 1.17 bits per heavy atom. The van der Waals surface area contributed by atoms with E-state index in [0.717, 1.165) is 93.9 Å². The molecule has 0 atom stereocenters. The molecule has 1 N–H and O–H groups in total. The summed E-state index contributed by atoms with van der Waals surface area (Å²) in [5.74, 6) is 0.865. The Hall–Kier alpha value is -2.24. The van der Waals surface area contributed by atoms with Gasteiger partial charge in [-0.3, -0.25) is 9.59 Å². The van der Waals surface area contributed by atoms with E-state index >= 15 is 0 Å². The lowest BCUT2D eigenvalue weighted by molar-refractivity contribution is -0.151. The van der Waals surface area contributed by atoms with E-state index < -0.39 is 0 Å². The van der Waals surface area contributed by atoms with Crippen molar-refractivity contribution in [3.05, 3.63) is 23.3 Å². The normalized spacial score (nSPS) is 26.4. The number of esters is 2. The van der Waals surface area contributed by atoms with Crippen LogP contribution in [0.25, 0.3) is 0 Å². The molecule has 0 unspecified atom stereocenters. The number of benzene rings is 1. The molecule has 232 valence electrons. The van der Waals surface area contributed by atoms with Crippen LogP contribution < -0.4 is 4.74 Å². The highest BCUT2D eigenvalue weighted by atomic mass is 16.5. The van der Waals surface area contributed by atoms with Gasteiger partial charge in [0.05, 0.1) is 32.2 Å². The first-order chi connectivity index (χ1) is 19.7. The van der Waals surface area contributed by atoms with Gasteiger partial charge in [0.2, 0.25) is 0 Å². The zero-order valence-electron chi connectivity index (χ0n) is 26.5. The molecule has 6 heteroatoms. The lowest BCUT2D eigenvalue weighted by Crippen LogP contribution is -2.34. The van der Waals surface area contributed by atoms with E-state index in [9.17, 15) is 14.7 Å². The van der Waals surface area contributed by atoms with Gasteiger partial charge in [-0.05, 0) is 87.2 Å². The van der Waals surface area contributed by atoms with Crippen molar-refractivity contribution in [2.75, 3.05) is 20.3 Å². The quantitative estimate of drug-likeness (QED) is 0.167. The highest BCUT2D eigenvalue weighted by Gasteiger charge is 2.41. The van der Waals surface area contributed by atoms with Crippen LogP contribution in [0.3, 0.4) is 0 Å². The first kappa shape index (κ1) is 33.3. The van der Waals surface area contributed by atoms with Gasteiger partial charge in [-0.2, -0.15) is 0 Å². The average Bonchev–Trinajstić information content (AvgIpc) is 2.97. The third-order valence-electron chi connectivity index (χ3n) is 9.95. The van der Waals surface area contributed by atoms with Crippen molar-refractivity contribution in [3.8, 4) is 11.5 Å². The second-order valence-corrected chi connectivity index (χ2v) is 13.2. The summed E-state index contributed by atoms with van der Waals surface area (Å²) >= 11 is 0. The first-order valence-corrected chi connectivity index (χ1v) is 16.4. The van der Waals surface area contributed by atoms with Gasteiger partial charge in [0.15, 0.2) is 0 Å². The van der Waals surface area contributed by atoms with Gasteiger partial charge in [0.25, 0.3) is 0 Å². The number of methoxy groups -OCH3 is 1. The number of hydrogen-bond acceptors (Lipinski definition) is 6. The van der Waals surface area contributed by atoms with Gasteiger partial charge in [0, 0.05) is 11.1 Å². The summed E-state index contributed by atoms with van der Waals surface area (Å²) in [6.45, 7) is 9.80. The van der Waals surface area contributed by atoms with E-state index in [1.807, 2.05) is 12.1 Å². The molecule has 6 nitrogen and oxygen atoms in total. The number of phenolic OH excluding ortho intramolecular Hbond substituents is 1. The van der Waals surface area contributed by atoms with E-state index in [1.54, 1.807) is 7.11 Å². The van der Waals surface area contributed by atoms with Crippen molar-refractivity contribution in [2.45, 2.75) is 141 Å². The molecule has 0 heterocycles. The number of carbonyl (C=O) groups is 2. The molecular weight excluding hydrogens is 516 g/mol. The molecule has 0 bridgehead atoms. The lowest BCUT2D eigenvalue weighted by Gasteiger charge is -2.40. The molecule has 1 aromatic rings. The van der Waals surface area contributed by atoms with Crippen LogP contribution in [0.15, 0.2) is 12.1 Å². The molecule has 0 amide bonds. The van der Waals surface area contributed by atoms with Crippen LogP contribution in [0.2, 0.25) is 0 Å². The maximum Gasteiger partial charge on any atom is 0.308 e. The standard InChI is InChI=1S/C35H56O6/c1-6-8-10-12-22-40-32(37)26-14-18-34(3,19-15-26)28-25-31(39-5)29(24-30(28)36)35(4)20-16-27(17-21-35)33(38)41-23-13-11-9-7-2/h24-27,36H,6-23H2,1-5H3. The fraction of sp³-hybridized carbons (Fsp3) is 0.771. The van der Waals surface area contributed by atoms with Gasteiger partial charge in [-0.15, -0.1) is 0 Å². The number of ether oxygens (including phenoxy) is 3. The maximum absolute atomic E-state index is 12.6. The molecule has 1 aromatic carbocycles. The predicted molar refractivity (Wildman–Crippen MR) is 163 cm³/mol. The predicted octanol–water partition coefficient (Wildman–Crippen LogP) is 8.54. The van der Waals surface area contributed by atoms with Crippen LogP contribution >= 0.6 is 0 Å². The van der Waals surface area contributed by atoms with Crippen LogP contribution in [0.1, 0.15) is 142 Å². The summed E-state index contributed by atoms with van der Waals surface area (Å²) in [5, 5.41) is 11.3. The van der Waals surface area contributed by atoms with E-state index in [0.29, 0.717) is 19.0 Å². The summed E-state index contributed by atoms with van der Waals surface area (Å²) in [7, 11) is 1.69. The van der Waals surface area contributed by atoms with E-state index in [-0.39, 0.29) is 34.6 Å². The Morgan fingerprint density at radius 1 is 0.732 bits per heavy atom. The van der Waals surface area contributed by atoms with E-state index in [2.05, 4.69) is 27.7 Å². The number of unbranched alkanes of at least 4 members (excludes halogenated alkanes) is 6. The minimum absolute atomic E-state index is 0.0507. The highest BCUT2D eigenvalue weighted by Crippen LogP contribution is 2.50. The molecule has 41 heavy (non-hydrogen) atoms. The number of carbonyl (C=O) groups excluding carboxylic acids is 2. The smallest absolute Gasteiger partial charge is 0.308 e. The number of aromatic hydroxyl groups is 1. The zero-order valence-corrected chi connectivity index (χ0v) is 26.5. The molecule has 2 aliphatic rings.